The van der Waals surface area contributed by atoms with E-state index in [1.807, 2.05) is 6.08 Å². The van der Waals surface area contributed by atoms with Gasteiger partial charge in [0.25, 0.3) is 0 Å². The van der Waals surface area contributed by atoms with Crippen LogP contribution in [0.1, 0.15) is 57.8 Å². The van der Waals surface area contributed by atoms with Gasteiger partial charge in [0.15, 0.2) is 0 Å². The summed E-state index contributed by atoms with van der Waals surface area (Å²) >= 11 is 5.82. The highest BCUT2D eigenvalue weighted by Crippen LogP contribution is 2.44. The molecule has 0 aromatic heterocycles. The van der Waals surface area contributed by atoms with Gasteiger partial charge >= 0.3 is 5.97 Å². The second-order valence-corrected chi connectivity index (χ2v) is 9.45. The van der Waals surface area contributed by atoms with E-state index in [1.165, 1.54) is 25.0 Å². The molecule has 0 spiro atoms. The molecule has 0 atom stereocenters. The Bertz CT molecular complexity index is 738. The van der Waals surface area contributed by atoms with Gasteiger partial charge in [0, 0.05) is 18.0 Å². The summed E-state index contributed by atoms with van der Waals surface area (Å²) < 4.78 is 27.5. The first-order valence-electron chi connectivity index (χ1n) is 9.45. The fraction of sp³-hybridized carbons (Fsp3) is 0.550. The molecule has 1 fully saturated rings. The van der Waals surface area contributed by atoms with Crippen LogP contribution in [-0.4, -0.2) is 26.0 Å². The summed E-state index contributed by atoms with van der Waals surface area (Å²) in [4.78, 5) is 10.7. The average Bonchev–Trinajstić information content (AvgIpc) is 3.07. The van der Waals surface area contributed by atoms with Crippen LogP contribution in [0.5, 0.6) is 0 Å². The van der Waals surface area contributed by atoms with Gasteiger partial charge in [-0.05, 0) is 68.2 Å². The zero-order valence-corrected chi connectivity index (χ0v) is 17.1. The zero-order valence-electron chi connectivity index (χ0n) is 15.5. The molecule has 0 amide bonds. The van der Waals surface area contributed by atoms with Crippen LogP contribution in [0.3, 0.4) is 0 Å². The van der Waals surface area contributed by atoms with Crippen molar-refractivity contribution >= 4 is 27.6 Å². The molecule has 1 aliphatic rings. The lowest BCUT2D eigenvalue weighted by molar-refractivity contribution is -0.136. The topological polar surface area (TPSA) is 83.5 Å². The fourth-order valence-corrected chi connectivity index (χ4v) is 4.89. The maximum Gasteiger partial charge on any atom is 0.303 e. The summed E-state index contributed by atoms with van der Waals surface area (Å²) in [5.74, 6) is -0.778. The molecular formula is C20H28ClNO4S. The van der Waals surface area contributed by atoms with Crippen molar-refractivity contribution < 1.29 is 18.3 Å². The van der Waals surface area contributed by atoms with Crippen LogP contribution < -0.4 is 4.72 Å². The Kier molecular flexibility index (Phi) is 8.32. The largest absolute Gasteiger partial charge is 0.481 e. The molecule has 0 unspecified atom stereocenters. The number of aliphatic carboxylic acids is 1. The first-order chi connectivity index (χ1) is 12.8. The summed E-state index contributed by atoms with van der Waals surface area (Å²) in [5, 5.41) is 9.16. The highest BCUT2D eigenvalue weighted by Gasteiger charge is 2.32. The number of rotatable bonds is 11. The zero-order chi connectivity index (χ0) is 19.8. The van der Waals surface area contributed by atoms with E-state index in [9.17, 15) is 13.2 Å². The summed E-state index contributed by atoms with van der Waals surface area (Å²) in [7, 11) is -3.51. The molecule has 1 aromatic carbocycles. The van der Waals surface area contributed by atoms with Gasteiger partial charge in [-0.15, -0.1) is 0 Å². The Morgan fingerprint density at radius 1 is 1.11 bits per heavy atom. The van der Waals surface area contributed by atoms with E-state index in [2.05, 4.69) is 10.8 Å². The number of hydrogen-bond donors (Lipinski definition) is 2. The quantitative estimate of drug-likeness (QED) is 0.512. The van der Waals surface area contributed by atoms with Crippen molar-refractivity contribution in [3.05, 3.63) is 41.4 Å². The van der Waals surface area contributed by atoms with Crippen LogP contribution in [0, 0.1) is 5.41 Å². The monoisotopic (exact) mass is 413 g/mol. The molecule has 7 heteroatoms. The SMILES string of the molecule is O=C(O)CCC=CCCC1(CCNS(=O)(=O)c2ccc(Cl)cc2)CCCC1. The smallest absolute Gasteiger partial charge is 0.303 e. The fourth-order valence-electron chi connectivity index (χ4n) is 3.73. The predicted molar refractivity (Wildman–Crippen MR) is 107 cm³/mol. The van der Waals surface area contributed by atoms with E-state index in [-0.39, 0.29) is 16.7 Å². The average molecular weight is 414 g/mol. The van der Waals surface area contributed by atoms with Crippen LogP contribution in [0.2, 0.25) is 5.02 Å². The molecule has 27 heavy (non-hydrogen) atoms. The van der Waals surface area contributed by atoms with Crippen LogP contribution in [0.15, 0.2) is 41.3 Å². The van der Waals surface area contributed by atoms with Gasteiger partial charge < -0.3 is 5.11 Å². The second-order valence-electron chi connectivity index (χ2n) is 7.25. The number of carbonyl (C=O) groups is 1. The number of hydrogen-bond acceptors (Lipinski definition) is 3. The predicted octanol–water partition coefficient (Wildman–Crippen LogP) is 4.77. The van der Waals surface area contributed by atoms with E-state index in [0.717, 1.165) is 32.1 Å². The lowest BCUT2D eigenvalue weighted by Gasteiger charge is -2.28. The molecule has 0 radical (unpaired) electrons. The number of carboxylic acids is 1. The number of carboxylic acid groups (broad SMARTS) is 1. The standard InChI is InChI=1S/C20H28ClNO4S/c21-17-8-10-18(11-9-17)27(25,26)22-16-15-20(13-5-6-14-20)12-4-2-1-3-7-19(23)24/h1-2,8-11,22H,3-7,12-16H2,(H,23,24). The molecule has 150 valence electrons. The van der Waals surface area contributed by atoms with Gasteiger partial charge in [-0.3, -0.25) is 4.79 Å². The van der Waals surface area contributed by atoms with Gasteiger partial charge in [-0.25, -0.2) is 13.1 Å². The van der Waals surface area contributed by atoms with Crippen molar-refractivity contribution in [2.45, 2.75) is 62.7 Å². The second kappa shape index (κ2) is 10.2. The van der Waals surface area contributed by atoms with E-state index in [1.54, 1.807) is 12.1 Å². The van der Waals surface area contributed by atoms with E-state index >= 15 is 0 Å². The molecule has 0 heterocycles. The van der Waals surface area contributed by atoms with Crippen molar-refractivity contribution in [2.24, 2.45) is 5.41 Å². The molecule has 0 aliphatic heterocycles. The number of benzene rings is 1. The number of nitrogens with one attached hydrogen (secondary N) is 1. The van der Waals surface area contributed by atoms with Crippen LogP contribution in [-0.2, 0) is 14.8 Å². The molecule has 1 saturated carbocycles. The Balaban J connectivity index is 1.83. The molecule has 1 aromatic rings. The maximum absolute atomic E-state index is 12.4. The Morgan fingerprint density at radius 2 is 1.74 bits per heavy atom. The van der Waals surface area contributed by atoms with E-state index < -0.39 is 16.0 Å². The lowest BCUT2D eigenvalue weighted by atomic mass is 9.78. The number of sulfonamides is 1. The number of halogens is 1. The van der Waals surface area contributed by atoms with Crippen molar-refractivity contribution in [1.29, 1.82) is 0 Å². The van der Waals surface area contributed by atoms with E-state index in [0.29, 0.717) is 18.0 Å². The van der Waals surface area contributed by atoms with Crippen LogP contribution >= 0.6 is 11.6 Å². The molecule has 0 bridgehead atoms. The van der Waals surface area contributed by atoms with Gasteiger partial charge in [0.1, 0.15) is 0 Å². The minimum absolute atomic E-state index is 0.161. The van der Waals surface area contributed by atoms with Crippen molar-refractivity contribution in [2.75, 3.05) is 6.54 Å². The van der Waals surface area contributed by atoms with Gasteiger partial charge in [0.2, 0.25) is 10.0 Å². The first kappa shape index (κ1) is 21.9. The van der Waals surface area contributed by atoms with Crippen molar-refractivity contribution in [3.8, 4) is 0 Å². The molecule has 5 nitrogen and oxygen atoms in total. The van der Waals surface area contributed by atoms with Gasteiger partial charge in [0.05, 0.1) is 4.90 Å². The minimum Gasteiger partial charge on any atom is -0.481 e. The Hall–Kier alpha value is -1.37. The highest BCUT2D eigenvalue weighted by molar-refractivity contribution is 7.89. The van der Waals surface area contributed by atoms with Crippen LogP contribution in [0.4, 0.5) is 0 Å². The van der Waals surface area contributed by atoms with E-state index in [4.69, 9.17) is 16.7 Å². The number of allylic oxidation sites excluding steroid dienone is 2. The summed E-state index contributed by atoms with van der Waals surface area (Å²) in [6.07, 6.45) is 12.1. The third-order valence-electron chi connectivity index (χ3n) is 5.27. The van der Waals surface area contributed by atoms with Gasteiger partial charge in [-0.1, -0.05) is 36.6 Å². The molecule has 1 aliphatic carbocycles. The Labute approximate surface area is 166 Å². The third kappa shape index (κ3) is 7.28. The first-order valence-corrected chi connectivity index (χ1v) is 11.3. The summed E-state index contributed by atoms with van der Waals surface area (Å²) in [6.45, 7) is 0.424. The third-order valence-corrected chi connectivity index (χ3v) is 7.00. The van der Waals surface area contributed by atoms with Crippen molar-refractivity contribution in [3.63, 3.8) is 0 Å². The molecule has 2 rings (SSSR count). The minimum atomic E-state index is -3.51. The molecule has 0 saturated heterocycles. The summed E-state index contributed by atoms with van der Waals surface area (Å²) in [6, 6.07) is 6.17. The van der Waals surface area contributed by atoms with Gasteiger partial charge in [-0.2, -0.15) is 0 Å². The summed E-state index contributed by atoms with van der Waals surface area (Å²) in [5.41, 5.74) is 0.180. The molecular weight excluding hydrogens is 386 g/mol. The lowest BCUT2D eigenvalue weighted by Crippen LogP contribution is -2.29. The van der Waals surface area contributed by atoms with Crippen LogP contribution in [0.25, 0.3) is 0 Å². The molecule has 2 N–H and O–H groups in total. The maximum atomic E-state index is 12.4. The van der Waals surface area contributed by atoms with Crippen molar-refractivity contribution in [1.82, 2.24) is 4.72 Å². The Morgan fingerprint density at radius 3 is 2.37 bits per heavy atom. The highest BCUT2D eigenvalue weighted by atomic mass is 35.5. The normalized spacial score (nSPS) is 16.8.